The minimum atomic E-state index is 0.0252. The molecule has 1 aliphatic heterocycles. The molecule has 4 heterocycles. The third-order valence-electron chi connectivity index (χ3n) is 4.89. The van der Waals surface area contributed by atoms with Gasteiger partial charge in [0, 0.05) is 18.0 Å². The first-order valence-electron chi connectivity index (χ1n) is 8.60. The van der Waals surface area contributed by atoms with Crippen LogP contribution in [0.5, 0.6) is 5.88 Å². The lowest BCUT2D eigenvalue weighted by atomic mass is 9.98. The lowest BCUT2D eigenvalue weighted by Gasteiger charge is -2.34. The van der Waals surface area contributed by atoms with E-state index in [-0.39, 0.29) is 11.9 Å². The van der Waals surface area contributed by atoms with E-state index in [1.807, 2.05) is 6.92 Å². The molecule has 1 atom stereocenters. The number of thiazole rings is 1. The molecule has 0 saturated carbocycles. The van der Waals surface area contributed by atoms with Crippen molar-refractivity contribution in [2.24, 2.45) is 0 Å². The summed E-state index contributed by atoms with van der Waals surface area (Å²) in [5, 5.41) is 17.3. The molecule has 0 spiro atoms. The SMILES string of the molecule is Cc1nc2sc([C@H](c3cccs3)N3CCc4ccccc4C3)c(O)n2n1. The first-order chi connectivity index (χ1) is 12.7. The molecule has 5 nitrogen and oxygen atoms in total. The smallest absolute Gasteiger partial charge is 0.230 e. The second-order valence-corrected chi connectivity index (χ2v) is 8.54. The van der Waals surface area contributed by atoms with Crippen molar-refractivity contribution in [2.45, 2.75) is 25.9 Å². The third kappa shape index (κ3) is 2.55. The van der Waals surface area contributed by atoms with Gasteiger partial charge >= 0.3 is 0 Å². The predicted octanol–water partition coefficient (Wildman–Crippen LogP) is 4.01. The summed E-state index contributed by atoms with van der Waals surface area (Å²) in [5.41, 5.74) is 2.80. The van der Waals surface area contributed by atoms with Crippen molar-refractivity contribution >= 4 is 27.6 Å². The van der Waals surface area contributed by atoms with Crippen LogP contribution in [0.4, 0.5) is 0 Å². The van der Waals surface area contributed by atoms with Crippen LogP contribution < -0.4 is 0 Å². The molecule has 1 aliphatic rings. The molecule has 132 valence electrons. The number of hydrogen-bond donors (Lipinski definition) is 1. The highest BCUT2D eigenvalue weighted by atomic mass is 32.1. The quantitative estimate of drug-likeness (QED) is 0.582. The summed E-state index contributed by atoms with van der Waals surface area (Å²) >= 11 is 3.26. The average molecular weight is 383 g/mol. The van der Waals surface area contributed by atoms with Gasteiger partial charge in [-0.2, -0.15) is 4.52 Å². The molecule has 0 aliphatic carbocycles. The predicted molar refractivity (Wildman–Crippen MR) is 104 cm³/mol. The monoisotopic (exact) mass is 382 g/mol. The van der Waals surface area contributed by atoms with Gasteiger partial charge in [0.1, 0.15) is 5.82 Å². The number of hydrogen-bond acceptors (Lipinski definition) is 6. The molecule has 0 bridgehead atoms. The Morgan fingerprint density at radius 2 is 2.00 bits per heavy atom. The molecule has 26 heavy (non-hydrogen) atoms. The third-order valence-corrected chi connectivity index (χ3v) is 6.89. The van der Waals surface area contributed by atoms with Crippen LogP contribution in [0.1, 0.15) is 32.7 Å². The minimum absolute atomic E-state index is 0.0252. The summed E-state index contributed by atoms with van der Waals surface area (Å²) < 4.78 is 1.56. The largest absolute Gasteiger partial charge is 0.492 e. The maximum absolute atomic E-state index is 10.8. The highest BCUT2D eigenvalue weighted by Crippen LogP contribution is 2.42. The number of aromatic nitrogens is 3. The summed E-state index contributed by atoms with van der Waals surface area (Å²) in [4.78, 5) is 9.78. The van der Waals surface area contributed by atoms with Crippen LogP contribution in [-0.4, -0.2) is 31.1 Å². The fourth-order valence-electron chi connectivity index (χ4n) is 3.69. The van der Waals surface area contributed by atoms with E-state index in [0.29, 0.717) is 5.82 Å². The van der Waals surface area contributed by atoms with E-state index in [1.165, 1.54) is 27.3 Å². The summed E-state index contributed by atoms with van der Waals surface area (Å²) in [5.74, 6) is 0.889. The van der Waals surface area contributed by atoms with Gasteiger partial charge < -0.3 is 5.11 Å². The van der Waals surface area contributed by atoms with Crippen molar-refractivity contribution in [3.63, 3.8) is 0 Å². The van der Waals surface area contributed by atoms with Crippen molar-refractivity contribution in [3.8, 4) is 5.88 Å². The van der Waals surface area contributed by atoms with Crippen LogP contribution in [-0.2, 0) is 13.0 Å². The maximum Gasteiger partial charge on any atom is 0.230 e. The summed E-state index contributed by atoms with van der Waals surface area (Å²) in [6.45, 7) is 3.69. The zero-order valence-electron chi connectivity index (χ0n) is 14.3. The van der Waals surface area contributed by atoms with Crippen molar-refractivity contribution in [3.05, 3.63) is 68.5 Å². The molecule has 7 heteroatoms. The Labute approximate surface area is 159 Å². The second-order valence-electron chi connectivity index (χ2n) is 6.55. The van der Waals surface area contributed by atoms with Gasteiger partial charge in [-0.05, 0) is 35.9 Å². The Hall–Kier alpha value is -2.22. The number of aromatic hydroxyl groups is 1. The standard InChI is InChI=1S/C19H18N4OS2/c1-12-20-19-23(21-12)18(24)17(26-19)16(15-7-4-10-25-15)22-9-8-13-5-2-3-6-14(13)11-22/h2-7,10,16,24H,8-9,11H2,1H3/t16-/m0/s1. The molecule has 5 rings (SSSR count). The zero-order chi connectivity index (χ0) is 17.7. The van der Waals surface area contributed by atoms with Gasteiger partial charge in [0.25, 0.3) is 0 Å². The molecular weight excluding hydrogens is 364 g/mol. The lowest BCUT2D eigenvalue weighted by molar-refractivity contribution is 0.208. The Morgan fingerprint density at radius 1 is 1.15 bits per heavy atom. The van der Waals surface area contributed by atoms with Crippen molar-refractivity contribution in [1.82, 2.24) is 19.5 Å². The molecular formula is C19H18N4OS2. The van der Waals surface area contributed by atoms with Crippen molar-refractivity contribution < 1.29 is 5.11 Å². The first-order valence-corrected chi connectivity index (χ1v) is 10.3. The summed E-state index contributed by atoms with van der Waals surface area (Å²) in [6.07, 6.45) is 1.03. The number of fused-ring (bicyclic) bond motifs is 2. The van der Waals surface area contributed by atoms with Gasteiger partial charge in [-0.3, -0.25) is 4.90 Å². The molecule has 1 aromatic carbocycles. The van der Waals surface area contributed by atoms with E-state index in [9.17, 15) is 5.11 Å². The summed E-state index contributed by atoms with van der Waals surface area (Å²) in [7, 11) is 0. The van der Waals surface area contributed by atoms with Crippen LogP contribution in [0.3, 0.4) is 0 Å². The molecule has 0 unspecified atom stereocenters. The van der Waals surface area contributed by atoms with Crippen LogP contribution in [0.25, 0.3) is 4.96 Å². The van der Waals surface area contributed by atoms with Crippen molar-refractivity contribution in [2.75, 3.05) is 6.54 Å². The fourth-order valence-corrected chi connectivity index (χ4v) is 5.78. The van der Waals surface area contributed by atoms with E-state index in [1.54, 1.807) is 15.9 Å². The Balaban J connectivity index is 1.60. The number of nitrogens with zero attached hydrogens (tertiary/aromatic N) is 4. The van der Waals surface area contributed by atoms with Crippen LogP contribution in [0, 0.1) is 6.92 Å². The fraction of sp³-hybridized carbons (Fsp3) is 0.263. The molecule has 4 aromatic rings. The van der Waals surface area contributed by atoms with Gasteiger partial charge in [0.05, 0.1) is 10.9 Å². The average Bonchev–Trinajstić information content (AvgIpc) is 3.36. The minimum Gasteiger partial charge on any atom is -0.492 e. The van der Waals surface area contributed by atoms with Crippen LogP contribution in [0.15, 0.2) is 41.8 Å². The molecule has 0 saturated heterocycles. The molecule has 3 aromatic heterocycles. The van der Waals surface area contributed by atoms with E-state index >= 15 is 0 Å². The highest BCUT2D eigenvalue weighted by Gasteiger charge is 2.32. The lowest BCUT2D eigenvalue weighted by Crippen LogP contribution is -2.34. The second kappa shape index (κ2) is 6.19. The van der Waals surface area contributed by atoms with E-state index in [2.05, 4.69) is 56.8 Å². The Bertz CT molecular complexity index is 1070. The van der Waals surface area contributed by atoms with E-state index in [0.717, 1.165) is 29.3 Å². The Kier molecular flexibility index (Phi) is 3.81. The maximum atomic E-state index is 10.8. The number of aryl methyl sites for hydroxylation is 1. The van der Waals surface area contributed by atoms with Gasteiger partial charge in [-0.15, -0.1) is 16.4 Å². The summed E-state index contributed by atoms with van der Waals surface area (Å²) in [6, 6.07) is 12.9. The van der Waals surface area contributed by atoms with Crippen LogP contribution in [0.2, 0.25) is 0 Å². The van der Waals surface area contributed by atoms with Crippen LogP contribution >= 0.6 is 22.7 Å². The highest BCUT2D eigenvalue weighted by molar-refractivity contribution is 7.17. The van der Waals surface area contributed by atoms with E-state index < -0.39 is 0 Å². The van der Waals surface area contributed by atoms with Gasteiger partial charge in [-0.1, -0.05) is 41.7 Å². The molecule has 0 fully saturated rings. The topological polar surface area (TPSA) is 53.7 Å². The molecule has 1 N–H and O–H groups in total. The zero-order valence-corrected chi connectivity index (χ0v) is 15.9. The number of thiophene rings is 1. The van der Waals surface area contributed by atoms with Gasteiger partial charge in [0.15, 0.2) is 0 Å². The first kappa shape index (κ1) is 16.0. The molecule has 0 amide bonds. The molecule has 0 radical (unpaired) electrons. The number of rotatable bonds is 3. The van der Waals surface area contributed by atoms with Crippen molar-refractivity contribution in [1.29, 1.82) is 0 Å². The van der Waals surface area contributed by atoms with E-state index in [4.69, 9.17) is 0 Å². The number of benzene rings is 1. The van der Waals surface area contributed by atoms with Gasteiger partial charge in [-0.25, -0.2) is 4.98 Å². The van der Waals surface area contributed by atoms with Gasteiger partial charge in [0.2, 0.25) is 10.8 Å². The normalized spacial score (nSPS) is 16.0. The Morgan fingerprint density at radius 3 is 2.77 bits per heavy atom.